The summed E-state index contributed by atoms with van der Waals surface area (Å²) in [5.41, 5.74) is 2.03. The number of carboxylic acid groups (broad SMARTS) is 1. The van der Waals surface area contributed by atoms with Crippen molar-refractivity contribution in [2.75, 3.05) is 0 Å². The van der Waals surface area contributed by atoms with E-state index in [1.54, 1.807) is 31.2 Å². The molecule has 0 saturated heterocycles. The van der Waals surface area contributed by atoms with Crippen LogP contribution in [0.3, 0.4) is 0 Å². The highest BCUT2D eigenvalue weighted by atomic mass is 35.5. The van der Waals surface area contributed by atoms with Crippen molar-refractivity contribution in [2.45, 2.75) is 6.92 Å². The first kappa shape index (κ1) is 14.5. The zero-order valence-electron chi connectivity index (χ0n) is 11.6. The van der Waals surface area contributed by atoms with Gasteiger partial charge in [-0.05, 0) is 31.2 Å². The van der Waals surface area contributed by atoms with Crippen molar-refractivity contribution < 1.29 is 14.3 Å². The average molecular weight is 316 g/mol. The van der Waals surface area contributed by atoms with Gasteiger partial charge in [0.05, 0.1) is 21.8 Å². The van der Waals surface area contributed by atoms with Crippen LogP contribution in [-0.4, -0.2) is 16.1 Å². The molecule has 3 nitrogen and oxygen atoms in total. The Morgan fingerprint density at radius 1 is 1.23 bits per heavy atom. The highest BCUT2D eigenvalue weighted by molar-refractivity contribution is 6.35. The first-order chi connectivity index (χ1) is 10.5. The monoisotopic (exact) mass is 315 g/mol. The van der Waals surface area contributed by atoms with Crippen LogP contribution in [0.25, 0.3) is 22.0 Å². The van der Waals surface area contributed by atoms with Gasteiger partial charge < -0.3 is 5.11 Å². The number of aromatic carboxylic acids is 1. The number of hydrogen-bond donors (Lipinski definition) is 1. The Morgan fingerprint density at radius 3 is 2.64 bits per heavy atom. The number of pyridine rings is 1. The largest absolute Gasteiger partial charge is 0.478 e. The van der Waals surface area contributed by atoms with Gasteiger partial charge in [-0.3, -0.25) is 4.98 Å². The second-order valence-corrected chi connectivity index (χ2v) is 5.28. The van der Waals surface area contributed by atoms with E-state index in [1.807, 2.05) is 0 Å². The van der Waals surface area contributed by atoms with Gasteiger partial charge in [0.25, 0.3) is 0 Å². The number of hydrogen-bond acceptors (Lipinski definition) is 2. The molecule has 2 aromatic carbocycles. The number of halogens is 2. The van der Waals surface area contributed by atoms with E-state index in [9.17, 15) is 9.18 Å². The molecule has 0 aliphatic rings. The molecule has 0 radical (unpaired) electrons. The van der Waals surface area contributed by atoms with Crippen molar-refractivity contribution in [1.82, 2.24) is 4.98 Å². The number of carboxylic acids is 1. The molecule has 0 saturated carbocycles. The van der Waals surface area contributed by atoms with Gasteiger partial charge in [0.1, 0.15) is 5.82 Å². The molecule has 5 heteroatoms. The topological polar surface area (TPSA) is 50.2 Å². The minimum atomic E-state index is -1.06. The third-order valence-corrected chi connectivity index (χ3v) is 3.94. The van der Waals surface area contributed by atoms with Crippen LogP contribution < -0.4 is 0 Å². The third kappa shape index (κ3) is 2.31. The lowest BCUT2D eigenvalue weighted by atomic mass is 9.98. The smallest absolute Gasteiger partial charge is 0.335 e. The predicted molar refractivity (Wildman–Crippen MR) is 83.8 cm³/mol. The van der Waals surface area contributed by atoms with Gasteiger partial charge in [0, 0.05) is 16.5 Å². The Kier molecular flexibility index (Phi) is 3.54. The molecule has 0 atom stereocenters. The van der Waals surface area contributed by atoms with Gasteiger partial charge in [-0.25, -0.2) is 9.18 Å². The Morgan fingerprint density at radius 2 is 1.95 bits per heavy atom. The molecule has 0 unspecified atom stereocenters. The van der Waals surface area contributed by atoms with Crippen LogP contribution in [0.2, 0.25) is 5.02 Å². The quantitative estimate of drug-likeness (QED) is 0.745. The van der Waals surface area contributed by atoms with Crippen molar-refractivity contribution in [3.63, 3.8) is 0 Å². The molecule has 3 rings (SSSR count). The first-order valence-corrected chi connectivity index (χ1v) is 6.95. The Labute approximate surface area is 131 Å². The summed E-state index contributed by atoms with van der Waals surface area (Å²) >= 11 is 6.33. The molecule has 1 heterocycles. The van der Waals surface area contributed by atoms with Gasteiger partial charge in [0.15, 0.2) is 0 Å². The number of aromatic nitrogens is 1. The highest BCUT2D eigenvalue weighted by Gasteiger charge is 2.17. The lowest BCUT2D eigenvalue weighted by Gasteiger charge is -2.12. The highest BCUT2D eigenvalue weighted by Crippen LogP contribution is 2.37. The van der Waals surface area contributed by atoms with Gasteiger partial charge >= 0.3 is 5.97 Å². The van der Waals surface area contributed by atoms with Crippen LogP contribution in [0.1, 0.15) is 16.1 Å². The summed E-state index contributed by atoms with van der Waals surface area (Å²) in [7, 11) is 0. The van der Waals surface area contributed by atoms with E-state index < -0.39 is 11.8 Å². The zero-order chi connectivity index (χ0) is 15.9. The number of fused-ring (bicyclic) bond motifs is 1. The normalized spacial score (nSPS) is 10.9. The molecular weight excluding hydrogens is 305 g/mol. The second-order valence-electron chi connectivity index (χ2n) is 4.90. The zero-order valence-corrected chi connectivity index (χ0v) is 12.4. The number of carbonyl (C=O) groups is 1. The summed E-state index contributed by atoms with van der Waals surface area (Å²) in [6.07, 6.45) is 0. The third-order valence-electron chi connectivity index (χ3n) is 3.48. The predicted octanol–water partition coefficient (Wildman–Crippen LogP) is 4.70. The fraction of sp³-hybridized carbons (Fsp3) is 0.0588. The van der Waals surface area contributed by atoms with E-state index in [1.165, 1.54) is 18.2 Å². The van der Waals surface area contributed by atoms with Crippen molar-refractivity contribution in [2.24, 2.45) is 0 Å². The molecule has 3 aromatic rings. The van der Waals surface area contributed by atoms with Crippen LogP contribution in [0.5, 0.6) is 0 Å². The van der Waals surface area contributed by atoms with Crippen molar-refractivity contribution in [1.29, 1.82) is 0 Å². The molecule has 0 fully saturated rings. The number of nitrogens with zero attached hydrogens (tertiary/aromatic N) is 1. The molecular formula is C17H11ClFNO2. The molecule has 0 amide bonds. The van der Waals surface area contributed by atoms with Crippen molar-refractivity contribution in [3.05, 3.63) is 64.6 Å². The van der Waals surface area contributed by atoms with Crippen molar-refractivity contribution in [3.8, 4) is 11.1 Å². The Balaban J connectivity index is 2.45. The molecule has 22 heavy (non-hydrogen) atoms. The average Bonchev–Trinajstić information content (AvgIpc) is 2.49. The van der Waals surface area contributed by atoms with Crippen molar-refractivity contribution >= 4 is 28.5 Å². The molecule has 0 bridgehead atoms. The van der Waals surface area contributed by atoms with Gasteiger partial charge in [-0.15, -0.1) is 0 Å². The van der Waals surface area contributed by atoms with Crippen LogP contribution in [0, 0.1) is 12.7 Å². The van der Waals surface area contributed by atoms with E-state index in [0.29, 0.717) is 32.7 Å². The van der Waals surface area contributed by atoms with E-state index >= 15 is 0 Å². The number of rotatable bonds is 2. The second kappa shape index (κ2) is 5.39. The van der Waals surface area contributed by atoms with E-state index in [4.69, 9.17) is 16.7 Å². The summed E-state index contributed by atoms with van der Waals surface area (Å²) in [5.74, 6) is -1.48. The fourth-order valence-corrected chi connectivity index (χ4v) is 2.67. The molecule has 0 spiro atoms. The summed E-state index contributed by atoms with van der Waals surface area (Å²) in [6, 6.07) is 10.8. The van der Waals surface area contributed by atoms with E-state index in [0.717, 1.165) is 0 Å². The van der Waals surface area contributed by atoms with Gasteiger partial charge in [0.2, 0.25) is 0 Å². The maximum atomic E-state index is 14.2. The minimum absolute atomic E-state index is 0.104. The summed E-state index contributed by atoms with van der Waals surface area (Å²) in [5, 5.41) is 9.99. The maximum absolute atomic E-state index is 14.2. The minimum Gasteiger partial charge on any atom is -0.478 e. The molecule has 1 N–H and O–H groups in total. The molecule has 0 aliphatic heterocycles. The summed E-state index contributed by atoms with van der Waals surface area (Å²) < 4.78 is 14.2. The standard InChI is InChI=1S/C17H11ClFNO2/c1-9-16(18)15(11-4-2-3-5-13(11)19)12-8-10(17(21)22)6-7-14(12)20-9/h2-8H,1H3,(H,21,22). The SMILES string of the molecule is Cc1nc2ccc(C(=O)O)cc2c(-c2ccccc2F)c1Cl. The van der Waals surface area contributed by atoms with E-state index in [2.05, 4.69) is 4.98 Å². The lowest BCUT2D eigenvalue weighted by Crippen LogP contribution is -1.98. The lowest BCUT2D eigenvalue weighted by molar-refractivity contribution is 0.0697. The Hall–Kier alpha value is -2.46. The molecule has 110 valence electrons. The maximum Gasteiger partial charge on any atom is 0.335 e. The molecule has 1 aromatic heterocycles. The summed E-state index contributed by atoms with van der Waals surface area (Å²) in [4.78, 5) is 15.5. The number of aryl methyl sites for hydroxylation is 1. The fourth-order valence-electron chi connectivity index (χ4n) is 2.42. The summed E-state index contributed by atoms with van der Waals surface area (Å²) in [6.45, 7) is 1.73. The van der Waals surface area contributed by atoms with Gasteiger partial charge in [-0.2, -0.15) is 0 Å². The Bertz CT molecular complexity index is 909. The van der Waals surface area contributed by atoms with Crippen LogP contribution in [0.15, 0.2) is 42.5 Å². The van der Waals surface area contributed by atoms with E-state index in [-0.39, 0.29) is 5.56 Å². The van der Waals surface area contributed by atoms with Crippen LogP contribution >= 0.6 is 11.6 Å². The van der Waals surface area contributed by atoms with Crippen LogP contribution in [0.4, 0.5) is 4.39 Å². The first-order valence-electron chi connectivity index (χ1n) is 6.57. The molecule has 0 aliphatic carbocycles. The van der Waals surface area contributed by atoms with Crippen LogP contribution in [-0.2, 0) is 0 Å². The number of benzene rings is 2. The van der Waals surface area contributed by atoms with Gasteiger partial charge in [-0.1, -0.05) is 29.8 Å².